The van der Waals surface area contributed by atoms with Gasteiger partial charge in [-0.25, -0.2) is 4.98 Å². The molecule has 0 spiro atoms. The topological polar surface area (TPSA) is 45.2 Å². The maximum Gasteiger partial charge on any atom is 0.226 e. The van der Waals surface area contributed by atoms with Crippen molar-refractivity contribution in [3.8, 4) is 0 Å². The average Bonchev–Trinajstić information content (AvgIpc) is 3.02. The summed E-state index contributed by atoms with van der Waals surface area (Å²) in [6.45, 7) is 1.51. The SMILES string of the molecule is O=C(NC1CC1)C1CN(c2ccc(Cl)cn2)C1. The third-order valence-electron chi connectivity index (χ3n) is 3.21. The van der Waals surface area contributed by atoms with E-state index in [9.17, 15) is 4.79 Å². The Hall–Kier alpha value is -1.29. The van der Waals surface area contributed by atoms with Gasteiger partial charge in [0.15, 0.2) is 0 Å². The van der Waals surface area contributed by atoms with Gasteiger partial charge >= 0.3 is 0 Å². The quantitative estimate of drug-likeness (QED) is 0.885. The minimum atomic E-state index is 0.119. The van der Waals surface area contributed by atoms with E-state index in [1.54, 1.807) is 6.20 Å². The second kappa shape index (κ2) is 4.18. The van der Waals surface area contributed by atoms with Crippen LogP contribution in [0, 0.1) is 5.92 Å². The fourth-order valence-corrected chi connectivity index (χ4v) is 2.05. The molecule has 0 radical (unpaired) electrons. The lowest BCUT2D eigenvalue weighted by Gasteiger charge is -2.39. The Morgan fingerprint density at radius 1 is 1.41 bits per heavy atom. The first kappa shape index (κ1) is 10.8. The summed E-state index contributed by atoms with van der Waals surface area (Å²) in [5.74, 6) is 1.20. The van der Waals surface area contributed by atoms with Crippen molar-refractivity contribution in [2.75, 3.05) is 18.0 Å². The van der Waals surface area contributed by atoms with Crippen LogP contribution >= 0.6 is 11.6 Å². The highest BCUT2D eigenvalue weighted by Crippen LogP contribution is 2.25. The Balaban J connectivity index is 1.53. The number of hydrogen-bond donors (Lipinski definition) is 1. The van der Waals surface area contributed by atoms with Gasteiger partial charge < -0.3 is 10.2 Å². The van der Waals surface area contributed by atoms with Crippen LogP contribution in [0.4, 0.5) is 5.82 Å². The smallest absolute Gasteiger partial charge is 0.226 e. The molecule has 1 aromatic heterocycles. The first-order valence-electron chi connectivity index (χ1n) is 5.89. The number of carbonyl (C=O) groups is 1. The zero-order valence-corrected chi connectivity index (χ0v) is 10.2. The molecule has 5 heteroatoms. The molecule has 0 atom stereocenters. The zero-order chi connectivity index (χ0) is 11.8. The normalized spacial score (nSPS) is 19.9. The number of anilines is 1. The lowest BCUT2D eigenvalue weighted by atomic mass is 9.99. The predicted octanol–water partition coefficient (Wildman–Crippen LogP) is 1.45. The molecule has 90 valence electrons. The minimum absolute atomic E-state index is 0.119. The summed E-state index contributed by atoms with van der Waals surface area (Å²) >= 11 is 5.78. The summed E-state index contributed by atoms with van der Waals surface area (Å²) < 4.78 is 0. The molecule has 0 bridgehead atoms. The lowest BCUT2D eigenvalue weighted by Crippen LogP contribution is -2.54. The van der Waals surface area contributed by atoms with Gasteiger partial charge in [-0.15, -0.1) is 0 Å². The summed E-state index contributed by atoms with van der Waals surface area (Å²) in [5.41, 5.74) is 0. The van der Waals surface area contributed by atoms with E-state index < -0.39 is 0 Å². The highest BCUT2D eigenvalue weighted by molar-refractivity contribution is 6.30. The molecule has 1 aromatic rings. The average molecular weight is 252 g/mol. The number of aromatic nitrogens is 1. The molecule has 4 nitrogen and oxygen atoms in total. The fourth-order valence-electron chi connectivity index (χ4n) is 1.93. The van der Waals surface area contributed by atoms with Crippen LogP contribution in [0.3, 0.4) is 0 Å². The summed E-state index contributed by atoms with van der Waals surface area (Å²) in [6, 6.07) is 4.16. The predicted molar refractivity (Wildman–Crippen MR) is 66.1 cm³/mol. The molecule has 0 unspecified atom stereocenters. The number of hydrogen-bond acceptors (Lipinski definition) is 3. The molecule has 3 rings (SSSR count). The minimum Gasteiger partial charge on any atom is -0.355 e. The Morgan fingerprint density at radius 3 is 2.76 bits per heavy atom. The maximum atomic E-state index is 11.7. The Labute approximate surface area is 105 Å². The summed E-state index contributed by atoms with van der Waals surface area (Å²) in [4.78, 5) is 18.0. The van der Waals surface area contributed by atoms with Crippen LogP contribution in [0.5, 0.6) is 0 Å². The second-order valence-corrected chi connectivity index (χ2v) is 5.16. The highest BCUT2D eigenvalue weighted by Gasteiger charge is 2.35. The third kappa shape index (κ3) is 2.36. The van der Waals surface area contributed by atoms with Crippen LogP contribution < -0.4 is 10.2 Å². The van der Waals surface area contributed by atoms with Gasteiger partial charge in [-0.2, -0.15) is 0 Å². The third-order valence-corrected chi connectivity index (χ3v) is 3.44. The molecule has 1 aliphatic carbocycles. The second-order valence-electron chi connectivity index (χ2n) is 4.72. The summed E-state index contributed by atoms with van der Waals surface area (Å²) in [7, 11) is 0. The van der Waals surface area contributed by atoms with E-state index in [0.717, 1.165) is 31.7 Å². The number of nitrogens with zero attached hydrogens (tertiary/aromatic N) is 2. The molecule has 2 heterocycles. The van der Waals surface area contributed by atoms with Crippen molar-refractivity contribution in [3.63, 3.8) is 0 Å². The van der Waals surface area contributed by atoms with Gasteiger partial charge in [0.1, 0.15) is 5.82 Å². The van der Waals surface area contributed by atoms with Crippen LogP contribution in [0.1, 0.15) is 12.8 Å². The first-order valence-corrected chi connectivity index (χ1v) is 6.27. The highest BCUT2D eigenvalue weighted by atomic mass is 35.5. The molecule has 0 aromatic carbocycles. The van der Waals surface area contributed by atoms with E-state index in [-0.39, 0.29) is 11.8 Å². The van der Waals surface area contributed by atoms with Crippen LogP contribution in [0.2, 0.25) is 5.02 Å². The van der Waals surface area contributed by atoms with Gasteiger partial charge in [-0.1, -0.05) is 11.6 Å². The number of amides is 1. The molecule has 2 fully saturated rings. The van der Waals surface area contributed by atoms with Gasteiger partial charge in [-0.3, -0.25) is 4.79 Å². The van der Waals surface area contributed by atoms with Crippen molar-refractivity contribution in [2.24, 2.45) is 5.92 Å². The van der Waals surface area contributed by atoms with E-state index in [1.807, 2.05) is 12.1 Å². The molecule has 1 saturated carbocycles. The molecule has 1 amide bonds. The van der Waals surface area contributed by atoms with Crippen molar-refractivity contribution >= 4 is 23.3 Å². The van der Waals surface area contributed by atoms with E-state index in [4.69, 9.17) is 11.6 Å². The van der Waals surface area contributed by atoms with E-state index >= 15 is 0 Å². The van der Waals surface area contributed by atoms with Crippen LogP contribution in [-0.2, 0) is 4.79 Å². The monoisotopic (exact) mass is 251 g/mol. The summed E-state index contributed by atoms with van der Waals surface area (Å²) in [5, 5.41) is 3.67. The van der Waals surface area contributed by atoms with Crippen molar-refractivity contribution in [3.05, 3.63) is 23.4 Å². The first-order chi connectivity index (χ1) is 8.22. The number of rotatable bonds is 3. The molecule has 1 aliphatic heterocycles. The molecule has 1 saturated heterocycles. The largest absolute Gasteiger partial charge is 0.355 e. The van der Waals surface area contributed by atoms with Crippen LogP contribution in [0.25, 0.3) is 0 Å². The Morgan fingerprint density at radius 2 is 2.18 bits per heavy atom. The van der Waals surface area contributed by atoms with Crippen LogP contribution in [0.15, 0.2) is 18.3 Å². The van der Waals surface area contributed by atoms with Crippen molar-refractivity contribution in [1.29, 1.82) is 0 Å². The van der Waals surface area contributed by atoms with E-state index in [0.29, 0.717) is 11.1 Å². The molecular formula is C12H14ClN3O. The molecule has 17 heavy (non-hydrogen) atoms. The fraction of sp³-hybridized carbons (Fsp3) is 0.500. The van der Waals surface area contributed by atoms with Crippen molar-refractivity contribution in [2.45, 2.75) is 18.9 Å². The van der Waals surface area contributed by atoms with Gasteiger partial charge in [0.2, 0.25) is 5.91 Å². The maximum absolute atomic E-state index is 11.7. The van der Waals surface area contributed by atoms with Crippen molar-refractivity contribution in [1.82, 2.24) is 10.3 Å². The van der Waals surface area contributed by atoms with E-state index in [1.165, 1.54) is 0 Å². The van der Waals surface area contributed by atoms with Crippen LogP contribution in [-0.4, -0.2) is 30.0 Å². The lowest BCUT2D eigenvalue weighted by molar-refractivity contribution is -0.125. The van der Waals surface area contributed by atoms with Crippen molar-refractivity contribution < 1.29 is 4.79 Å². The molecular weight excluding hydrogens is 238 g/mol. The Bertz CT molecular complexity index is 424. The molecule has 1 N–H and O–H groups in total. The summed E-state index contributed by atoms with van der Waals surface area (Å²) in [6.07, 6.45) is 3.91. The van der Waals surface area contributed by atoms with Gasteiger partial charge in [0.25, 0.3) is 0 Å². The Kier molecular flexibility index (Phi) is 2.67. The van der Waals surface area contributed by atoms with Gasteiger partial charge in [-0.05, 0) is 25.0 Å². The number of nitrogens with one attached hydrogen (secondary N) is 1. The van der Waals surface area contributed by atoms with Gasteiger partial charge in [0, 0.05) is 25.3 Å². The zero-order valence-electron chi connectivity index (χ0n) is 9.40. The van der Waals surface area contributed by atoms with E-state index in [2.05, 4.69) is 15.2 Å². The number of carbonyl (C=O) groups excluding carboxylic acids is 1. The standard InChI is InChI=1S/C12H14ClN3O/c13-9-1-4-11(14-5-9)16-6-8(7-16)12(17)15-10-2-3-10/h1,4-5,8,10H,2-3,6-7H2,(H,15,17). The van der Waals surface area contributed by atoms with Gasteiger partial charge in [0.05, 0.1) is 10.9 Å². The number of halogens is 1. The number of pyridine rings is 1. The molecule has 2 aliphatic rings.